The first-order valence-electron chi connectivity index (χ1n) is 8.59. The van der Waals surface area contributed by atoms with Crippen LogP contribution >= 0.6 is 11.8 Å². The third-order valence-corrected chi connectivity index (χ3v) is 4.81. The van der Waals surface area contributed by atoms with Gasteiger partial charge in [0.15, 0.2) is 0 Å². The van der Waals surface area contributed by atoms with Gasteiger partial charge in [-0.1, -0.05) is 54.2 Å². The molecule has 3 aromatic rings. The highest BCUT2D eigenvalue weighted by Crippen LogP contribution is 2.27. The van der Waals surface area contributed by atoms with Crippen LogP contribution in [0.25, 0.3) is 0 Å². The fourth-order valence-corrected chi connectivity index (χ4v) is 3.17. The second-order valence-electron chi connectivity index (χ2n) is 5.77. The molecule has 27 heavy (non-hydrogen) atoms. The van der Waals surface area contributed by atoms with E-state index in [4.69, 9.17) is 14.5 Å². The first-order chi connectivity index (χ1) is 13.2. The largest absolute Gasteiger partial charge is 0.497 e. The van der Waals surface area contributed by atoms with Crippen LogP contribution in [0, 0.1) is 0 Å². The molecule has 4 heteroatoms. The standard InChI is InChI=1S/C23H21NO2S/c1-18(17-26-21-13-9-12-20(16-21)25-2)23(24-19-10-5-3-6-11-19)27-22-14-7-4-8-15-22/h3-17H,1-2H3/b18-17+,24-23-. The minimum Gasteiger partial charge on any atom is -0.497 e. The van der Waals surface area contributed by atoms with Gasteiger partial charge >= 0.3 is 0 Å². The molecule has 0 spiro atoms. The normalized spacial score (nSPS) is 11.9. The van der Waals surface area contributed by atoms with E-state index in [0.717, 1.165) is 32.7 Å². The van der Waals surface area contributed by atoms with Crippen molar-refractivity contribution >= 4 is 22.5 Å². The lowest BCUT2D eigenvalue weighted by atomic mass is 10.3. The maximum atomic E-state index is 5.83. The maximum Gasteiger partial charge on any atom is 0.130 e. The molecule has 3 nitrogen and oxygen atoms in total. The number of nitrogens with zero attached hydrogens (tertiary/aromatic N) is 1. The SMILES string of the molecule is COc1cccc(O/C=C(C)/C(=N/c2ccccc2)Sc2ccccc2)c1. The minimum absolute atomic E-state index is 0.720. The summed E-state index contributed by atoms with van der Waals surface area (Å²) in [5.41, 5.74) is 1.85. The Labute approximate surface area is 164 Å². The van der Waals surface area contributed by atoms with Crippen molar-refractivity contribution in [3.8, 4) is 11.5 Å². The van der Waals surface area contributed by atoms with Gasteiger partial charge in [-0.05, 0) is 43.3 Å². The average Bonchev–Trinajstić information content (AvgIpc) is 2.73. The monoisotopic (exact) mass is 375 g/mol. The van der Waals surface area contributed by atoms with Crippen LogP contribution in [0.3, 0.4) is 0 Å². The molecule has 0 aliphatic carbocycles. The molecule has 3 rings (SSSR count). The van der Waals surface area contributed by atoms with Crippen LogP contribution in [-0.2, 0) is 0 Å². The Bertz CT molecular complexity index is 921. The Morgan fingerprint density at radius 1 is 0.852 bits per heavy atom. The molecule has 0 saturated carbocycles. The summed E-state index contributed by atoms with van der Waals surface area (Å²) < 4.78 is 11.1. The number of aliphatic imine (C=N–C) groups is 1. The summed E-state index contributed by atoms with van der Waals surface area (Å²) in [7, 11) is 1.64. The fourth-order valence-electron chi connectivity index (χ4n) is 2.29. The Hall–Kier alpha value is -2.98. The molecule has 0 fully saturated rings. The van der Waals surface area contributed by atoms with E-state index in [2.05, 4.69) is 12.1 Å². The highest BCUT2D eigenvalue weighted by atomic mass is 32.2. The summed E-state index contributed by atoms with van der Waals surface area (Å²) >= 11 is 1.61. The zero-order valence-electron chi connectivity index (χ0n) is 15.3. The predicted octanol–water partition coefficient (Wildman–Crippen LogP) is 6.50. The van der Waals surface area contributed by atoms with Crippen molar-refractivity contribution in [1.82, 2.24) is 0 Å². The van der Waals surface area contributed by atoms with Crippen molar-refractivity contribution in [2.24, 2.45) is 4.99 Å². The lowest BCUT2D eigenvalue weighted by Crippen LogP contribution is -1.97. The predicted molar refractivity (Wildman–Crippen MR) is 113 cm³/mol. The minimum atomic E-state index is 0.720. The van der Waals surface area contributed by atoms with E-state index in [1.807, 2.05) is 79.7 Å². The van der Waals surface area contributed by atoms with E-state index >= 15 is 0 Å². The van der Waals surface area contributed by atoms with Gasteiger partial charge in [0, 0.05) is 16.5 Å². The van der Waals surface area contributed by atoms with Gasteiger partial charge in [0.2, 0.25) is 0 Å². The molecular weight excluding hydrogens is 354 g/mol. The highest BCUT2D eigenvalue weighted by molar-refractivity contribution is 8.14. The molecule has 0 aromatic heterocycles. The third-order valence-electron chi connectivity index (χ3n) is 3.69. The maximum absolute atomic E-state index is 5.83. The molecule has 0 atom stereocenters. The molecule has 0 bridgehead atoms. The van der Waals surface area contributed by atoms with Gasteiger partial charge in [-0.15, -0.1) is 0 Å². The van der Waals surface area contributed by atoms with Crippen molar-refractivity contribution < 1.29 is 9.47 Å². The number of ether oxygens (including phenoxy) is 2. The van der Waals surface area contributed by atoms with Crippen LogP contribution in [0.5, 0.6) is 11.5 Å². The van der Waals surface area contributed by atoms with Crippen LogP contribution in [0.15, 0.2) is 107 Å². The summed E-state index contributed by atoms with van der Waals surface area (Å²) in [5, 5.41) is 0.885. The number of thioether (sulfide) groups is 1. The summed E-state index contributed by atoms with van der Waals surface area (Å²) in [6.07, 6.45) is 1.73. The van der Waals surface area contributed by atoms with Gasteiger partial charge in [0.25, 0.3) is 0 Å². The number of methoxy groups -OCH3 is 1. The second-order valence-corrected chi connectivity index (χ2v) is 6.83. The molecule has 136 valence electrons. The molecule has 0 aliphatic rings. The van der Waals surface area contributed by atoms with E-state index in [0.29, 0.717) is 0 Å². The first-order valence-corrected chi connectivity index (χ1v) is 9.41. The van der Waals surface area contributed by atoms with E-state index in [1.54, 1.807) is 25.1 Å². The molecule has 0 aliphatic heterocycles. The number of rotatable bonds is 6. The Morgan fingerprint density at radius 3 is 2.22 bits per heavy atom. The van der Waals surface area contributed by atoms with Gasteiger partial charge < -0.3 is 9.47 Å². The zero-order valence-corrected chi connectivity index (χ0v) is 16.1. The van der Waals surface area contributed by atoms with Gasteiger partial charge in [0.05, 0.1) is 19.1 Å². The van der Waals surface area contributed by atoms with E-state index < -0.39 is 0 Å². The van der Waals surface area contributed by atoms with Crippen LogP contribution in [0.1, 0.15) is 6.92 Å². The number of benzene rings is 3. The second kappa shape index (κ2) is 9.64. The van der Waals surface area contributed by atoms with Gasteiger partial charge in [-0.3, -0.25) is 0 Å². The Balaban J connectivity index is 1.85. The summed E-state index contributed by atoms with van der Waals surface area (Å²) in [5.74, 6) is 1.48. The molecule has 0 N–H and O–H groups in total. The topological polar surface area (TPSA) is 30.8 Å². The van der Waals surface area contributed by atoms with Gasteiger partial charge in [-0.2, -0.15) is 0 Å². The molecule has 0 heterocycles. The molecule has 3 aromatic carbocycles. The average molecular weight is 375 g/mol. The van der Waals surface area contributed by atoms with Crippen LogP contribution < -0.4 is 9.47 Å². The smallest absolute Gasteiger partial charge is 0.130 e. The van der Waals surface area contributed by atoms with Gasteiger partial charge in [-0.25, -0.2) is 4.99 Å². The van der Waals surface area contributed by atoms with Gasteiger partial charge in [0.1, 0.15) is 16.5 Å². The molecule has 0 unspecified atom stereocenters. The Morgan fingerprint density at radius 2 is 1.52 bits per heavy atom. The number of hydrogen-bond acceptors (Lipinski definition) is 4. The van der Waals surface area contributed by atoms with E-state index in [-0.39, 0.29) is 0 Å². The van der Waals surface area contributed by atoms with Crippen molar-refractivity contribution in [3.05, 3.63) is 96.8 Å². The molecule has 0 radical (unpaired) electrons. The van der Waals surface area contributed by atoms with Crippen molar-refractivity contribution in [2.75, 3.05) is 7.11 Å². The fraction of sp³-hybridized carbons (Fsp3) is 0.0870. The lowest BCUT2D eigenvalue weighted by Gasteiger charge is -2.09. The summed E-state index contributed by atoms with van der Waals surface area (Å²) in [4.78, 5) is 5.93. The summed E-state index contributed by atoms with van der Waals surface area (Å²) in [6.45, 7) is 2.00. The zero-order chi connectivity index (χ0) is 18.9. The van der Waals surface area contributed by atoms with Crippen molar-refractivity contribution in [1.29, 1.82) is 0 Å². The number of hydrogen-bond donors (Lipinski definition) is 0. The third kappa shape index (κ3) is 5.76. The Kier molecular flexibility index (Phi) is 6.72. The van der Waals surface area contributed by atoms with Crippen LogP contribution in [-0.4, -0.2) is 12.2 Å². The van der Waals surface area contributed by atoms with E-state index in [1.165, 1.54) is 0 Å². The van der Waals surface area contributed by atoms with Crippen LogP contribution in [0.2, 0.25) is 0 Å². The van der Waals surface area contributed by atoms with Crippen LogP contribution in [0.4, 0.5) is 5.69 Å². The lowest BCUT2D eigenvalue weighted by molar-refractivity contribution is 0.408. The summed E-state index contributed by atoms with van der Waals surface area (Å²) in [6, 6.07) is 27.6. The molecule has 0 amide bonds. The molecule has 0 saturated heterocycles. The quantitative estimate of drug-likeness (QED) is 0.213. The highest BCUT2D eigenvalue weighted by Gasteiger charge is 2.07. The van der Waals surface area contributed by atoms with Crippen molar-refractivity contribution in [3.63, 3.8) is 0 Å². The number of para-hydroxylation sites is 1. The molecular formula is C23H21NO2S. The first kappa shape index (κ1) is 18.8. The van der Waals surface area contributed by atoms with Crippen molar-refractivity contribution in [2.45, 2.75) is 11.8 Å². The van der Waals surface area contributed by atoms with E-state index in [9.17, 15) is 0 Å².